The van der Waals surface area contributed by atoms with E-state index in [1.54, 1.807) is 17.5 Å². The van der Waals surface area contributed by atoms with Crippen molar-refractivity contribution in [3.8, 4) is 0 Å². The Morgan fingerprint density at radius 3 is 2.58 bits per heavy atom. The molecule has 0 aliphatic rings. The fourth-order valence-corrected chi connectivity index (χ4v) is 1.68. The van der Waals surface area contributed by atoms with Crippen LogP contribution in [0.5, 0.6) is 0 Å². The summed E-state index contributed by atoms with van der Waals surface area (Å²) in [6, 6.07) is 3.31. The van der Waals surface area contributed by atoms with Crippen LogP contribution < -0.4 is 5.43 Å². The molecule has 1 amide bonds. The molecule has 0 saturated carbocycles. The number of ether oxygens (including phenoxy) is 2. The van der Waals surface area contributed by atoms with Crippen LogP contribution in [0.15, 0.2) is 22.6 Å². The van der Waals surface area contributed by atoms with Gasteiger partial charge in [0.15, 0.2) is 5.71 Å². The van der Waals surface area contributed by atoms with Gasteiger partial charge in [0, 0.05) is 0 Å². The number of thiophene rings is 1. The van der Waals surface area contributed by atoms with E-state index in [0.717, 1.165) is 7.11 Å². The Morgan fingerprint density at radius 1 is 1.32 bits per heavy atom. The highest BCUT2D eigenvalue weighted by atomic mass is 32.1. The molecule has 0 aliphatic carbocycles. The Hall–Kier alpha value is -2.22. The van der Waals surface area contributed by atoms with E-state index < -0.39 is 17.8 Å². The number of nitrogens with zero attached hydrogens (tertiary/aromatic N) is 1. The van der Waals surface area contributed by atoms with Crippen LogP contribution in [0.25, 0.3) is 0 Å². The van der Waals surface area contributed by atoms with Gasteiger partial charge in [-0.2, -0.15) is 5.10 Å². The minimum absolute atomic E-state index is 0.237. The molecule has 1 aromatic heterocycles. The largest absolute Gasteiger partial charge is 0.469 e. The summed E-state index contributed by atoms with van der Waals surface area (Å²) in [4.78, 5) is 34.5. The van der Waals surface area contributed by atoms with E-state index >= 15 is 0 Å². The van der Waals surface area contributed by atoms with Crippen molar-refractivity contribution < 1.29 is 23.9 Å². The quantitative estimate of drug-likeness (QED) is 0.484. The lowest BCUT2D eigenvalue weighted by Gasteiger charge is -2.03. The number of carbonyl (C=O) groups is 3. The van der Waals surface area contributed by atoms with Crippen molar-refractivity contribution in [1.29, 1.82) is 0 Å². The summed E-state index contributed by atoms with van der Waals surface area (Å²) < 4.78 is 8.87. The molecule has 0 bridgehead atoms. The molecule has 102 valence electrons. The average Bonchev–Trinajstić information content (AvgIpc) is 2.95. The molecule has 7 nitrogen and oxygen atoms in total. The zero-order chi connectivity index (χ0) is 14.3. The van der Waals surface area contributed by atoms with Crippen molar-refractivity contribution in [2.75, 3.05) is 14.2 Å². The summed E-state index contributed by atoms with van der Waals surface area (Å²) in [6.45, 7) is 0. The van der Waals surface area contributed by atoms with Gasteiger partial charge in [-0.15, -0.1) is 11.3 Å². The summed E-state index contributed by atoms with van der Waals surface area (Å²) in [5, 5.41) is 5.32. The van der Waals surface area contributed by atoms with Gasteiger partial charge in [0.1, 0.15) is 0 Å². The summed E-state index contributed by atoms with van der Waals surface area (Å²) in [6.07, 6.45) is -0.381. The maximum Gasteiger partial charge on any atom is 0.354 e. The molecule has 1 heterocycles. The van der Waals surface area contributed by atoms with Gasteiger partial charge in [0.2, 0.25) is 0 Å². The van der Waals surface area contributed by atoms with Crippen LogP contribution in [0.2, 0.25) is 0 Å². The molecule has 8 heteroatoms. The Kier molecular flexibility index (Phi) is 5.68. The zero-order valence-corrected chi connectivity index (χ0v) is 11.2. The van der Waals surface area contributed by atoms with E-state index in [1.165, 1.54) is 18.4 Å². The van der Waals surface area contributed by atoms with E-state index in [1.807, 2.05) is 0 Å². The molecule has 1 rings (SSSR count). The van der Waals surface area contributed by atoms with Crippen LogP contribution in [-0.4, -0.2) is 37.8 Å². The second kappa shape index (κ2) is 7.27. The number of rotatable bonds is 5. The third-order valence-electron chi connectivity index (χ3n) is 2.00. The molecular weight excluding hydrogens is 272 g/mol. The molecule has 0 radical (unpaired) electrons. The fraction of sp³-hybridized carbons (Fsp3) is 0.273. The first-order valence-electron chi connectivity index (χ1n) is 5.14. The molecule has 1 N–H and O–H groups in total. The highest BCUT2D eigenvalue weighted by Crippen LogP contribution is 2.07. The molecule has 0 spiro atoms. The summed E-state index contributed by atoms with van der Waals surface area (Å²) in [7, 11) is 2.33. The third kappa shape index (κ3) is 4.51. The van der Waals surface area contributed by atoms with Crippen LogP contribution in [0, 0.1) is 0 Å². The minimum atomic E-state index is -0.808. The average molecular weight is 284 g/mol. The van der Waals surface area contributed by atoms with Gasteiger partial charge < -0.3 is 9.47 Å². The molecule has 0 fully saturated rings. The summed E-state index contributed by atoms with van der Waals surface area (Å²) in [5.74, 6) is -1.94. The highest BCUT2D eigenvalue weighted by molar-refractivity contribution is 7.12. The van der Waals surface area contributed by atoms with Crippen molar-refractivity contribution >= 4 is 34.9 Å². The Bertz CT molecular complexity index is 495. The number of hydrogen-bond donors (Lipinski definition) is 1. The molecule has 0 unspecified atom stereocenters. The Balaban J connectivity index is 2.74. The van der Waals surface area contributed by atoms with Gasteiger partial charge in [-0.1, -0.05) is 6.07 Å². The van der Waals surface area contributed by atoms with Gasteiger partial charge in [-0.25, -0.2) is 10.2 Å². The van der Waals surface area contributed by atoms with Gasteiger partial charge in [-0.05, 0) is 11.4 Å². The standard InChI is InChI=1S/C11H12N2O5S/c1-17-9(14)6-7(11(16)18-2)12-13-10(15)8-4-3-5-19-8/h3-5H,6H2,1-2H3,(H,13,15)/b12-7-. The minimum Gasteiger partial charge on any atom is -0.469 e. The van der Waals surface area contributed by atoms with Crippen LogP contribution in [-0.2, 0) is 19.1 Å². The monoisotopic (exact) mass is 284 g/mol. The van der Waals surface area contributed by atoms with Gasteiger partial charge in [0.05, 0.1) is 25.5 Å². The van der Waals surface area contributed by atoms with Crippen LogP contribution >= 0.6 is 11.3 Å². The molecule has 0 aliphatic heterocycles. The first kappa shape index (κ1) is 14.8. The second-order valence-corrected chi connectivity index (χ2v) is 4.17. The number of methoxy groups -OCH3 is 2. The van der Waals surface area contributed by atoms with Crippen LogP contribution in [0.3, 0.4) is 0 Å². The van der Waals surface area contributed by atoms with E-state index in [9.17, 15) is 14.4 Å². The third-order valence-corrected chi connectivity index (χ3v) is 2.87. The Morgan fingerprint density at radius 2 is 2.05 bits per heavy atom. The van der Waals surface area contributed by atoms with Crippen molar-refractivity contribution in [1.82, 2.24) is 5.43 Å². The zero-order valence-electron chi connectivity index (χ0n) is 10.3. The Labute approximate surface area is 113 Å². The van der Waals surface area contributed by atoms with Gasteiger partial charge >= 0.3 is 11.9 Å². The van der Waals surface area contributed by atoms with Gasteiger partial charge in [-0.3, -0.25) is 9.59 Å². The van der Waals surface area contributed by atoms with Crippen LogP contribution in [0.1, 0.15) is 16.1 Å². The number of hydrogen-bond acceptors (Lipinski definition) is 7. The maximum absolute atomic E-state index is 11.6. The van der Waals surface area contributed by atoms with E-state index in [2.05, 4.69) is 20.0 Å². The van der Waals surface area contributed by atoms with Crippen LogP contribution in [0.4, 0.5) is 0 Å². The van der Waals surface area contributed by atoms with Crippen molar-refractivity contribution in [2.45, 2.75) is 6.42 Å². The molecule has 0 saturated heterocycles. The number of carbonyl (C=O) groups excluding carboxylic acids is 3. The predicted octanol–water partition coefficient (Wildman–Crippen LogP) is 0.570. The first-order valence-corrected chi connectivity index (χ1v) is 6.02. The van der Waals surface area contributed by atoms with E-state index in [-0.39, 0.29) is 12.1 Å². The molecule has 1 aromatic rings. The maximum atomic E-state index is 11.6. The molecular formula is C11H12N2O5S. The predicted molar refractivity (Wildman–Crippen MR) is 67.9 cm³/mol. The molecule has 0 aromatic carbocycles. The first-order chi connectivity index (χ1) is 9.08. The lowest BCUT2D eigenvalue weighted by Crippen LogP contribution is -2.26. The van der Waals surface area contributed by atoms with Crippen molar-refractivity contribution in [3.05, 3.63) is 22.4 Å². The van der Waals surface area contributed by atoms with Crippen molar-refractivity contribution in [3.63, 3.8) is 0 Å². The van der Waals surface area contributed by atoms with Gasteiger partial charge in [0.25, 0.3) is 5.91 Å². The number of nitrogens with one attached hydrogen (secondary N) is 1. The fourth-order valence-electron chi connectivity index (χ4n) is 1.07. The summed E-state index contributed by atoms with van der Waals surface area (Å²) >= 11 is 1.23. The highest BCUT2D eigenvalue weighted by Gasteiger charge is 2.18. The normalized spacial score (nSPS) is 10.7. The van der Waals surface area contributed by atoms with E-state index in [0.29, 0.717) is 4.88 Å². The molecule has 0 atom stereocenters. The summed E-state index contributed by atoms with van der Waals surface area (Å²) in [5.41, 5.74) is 1.94. The number of esters is 2. The topological polar surface area (TPSA) is 94.1 Å². The number of hydrazone groups is 1. The lowest BCUT2D eigenvalue weighted by atomic mass is 10.3. The number of amides is 1. The van der Waals surface area contributed by atoms with Crippen molar-refractivity contribution in [2.24, 2.45) is 5.10 Å². The second-order valence-electron chi connectivity index (χ2n) is 3.22. The smallest absolute Gasteiger partial charge is 0.354 e. The lowest BCUT2D eigenvalue weighted by molar-refractivity contribution is -0.140. The van der Waals surface area contributed by atoms with E-state index in [4.69, 9.17) is 0 Å². The SMILES string of the molecule is COC(=O)C/C(=N/NC(=O)c1cccs1)C(=O)OC. The molecule has 19 heavy (non-hydrogen) atoms.